The minimum absolute atomic E-state index is 0.125. The average molecular weight is 214 g/mol. The first-order valence-corrected chi connectivity index (χ1v) is 4.38. The SMILES string of the molecule is O=[N+]([O-])c1cc(O)ccc1C=CCCl. The topological polar surface area (TPSA) is 63.4 Å². The summed E-state index contributed by atoms with van der Waals surface area (Å²) in [5.41, 5.74) is 0.291. The standard InChI is InChI=1S/C9H8ClNO3/c10-5-1-2-7-3-4-8(12)6-9(7)11(13)14/h1-4,6,12H,5H2. The number of nitrogens with zero attached hydrogens (tertiary/aromatic N) is 1. The first-order valence-electron chi connectivity index (χ1n) is 3.85. The van der Waals surface area contributed by atoms with Gasteiger partial charge in [0.2, 0.25) is 0 Å². The van der Waals surface area contributed by atoms with Crippen molar-refractivity contribution in [3.63, 3.8) is 0 Å². The predicted octanol–water partition coefficient (Wildman–Crippen LogP) is 2.55. The highest BCUT2D eigenvalue weighted by Gasteiger charge is 2.11. The molecule has 0 aromatic heterocycles. The molecule has 0 aliphatic carbocycles. The monoisotopic (exact) mass is 213 g/mol. The number of benzene rings is 1. The van der Waals surface area contributed by atoms with E-state index in [-0.39, 0.29) is 17.3 Å². The van der Waals surface area contributed by atoms with Crippen molar-refractivity contribution in [2.75, 3.05) is 5.88 Å². The number of nitro benzene ring substituents is 1. The number of hydrogen-bond donors (Lipinski definition) is 1. The number of halogens is 1. The molecule has 0 saturated carbocycles. The lowest BCUT2D eigenvalue weighted by molar-refractivity contribution is -0.385. The third-order valence-electron chi connectivity index (χ3n) is 1.60. The lowest BCUT2D eigenvalue weighted by atomic mass is 10.1. The number of allylic oxidation sites excluding steroid dienone is 1. The molecule has 1 aromatic rings. The van der Waals surface area contributed by atoms with Crippen molar-refractivity contribution in [3.8, 4) is 5.75 Å². The zero-order valence-corrected chi connectivity index (χ0v) is 7.94. The van der Waals surface area contributed by atoms with E-state index in [4.69, 9.17) is 16.7 Å². The maximum atomic E-state index is 10.6. The van der Waals surface area contributed by atoms with Gasteiger partial charge in [-0.1, -0.05) is 12.2 Å². The van der Waals surface area contributed by atoms with E-state index in [0.29, 0.717) is 5.56 Å². The molecule has 5 heteroatoms. The lowest BCUT2D eigenvalue weighted by Gasteiger charge is -1.97. The molecule has 0 heterocycles. The van der Waals surface area contributed by atoms with Gasteiger partial charge in [-0.25, -0.2) is 0 Å². The molecular weight excluding hydrogens is 206 g/mol. The van der Waals surface area contributed by atoms with Crippen LogP contribution >= 0.6 is 11.6 Å². The van der Waals surface area contributed by atoms with E-state index in [2.05, 4.69) is 0 Å². The Balaban J connectivity index is 3.15. The Morgan fingerprint density at radius 3 is 2.86 bits per heavy atom. The molecule has 0 unspecified atom stereocenters. The van der Waals surface area contributed by atoms with Crippen molar-refractivity contribution in [2.45, 2.75) is 0 Å². The number of alkyl halides is 1. The second-order valence-corrected chi connectivity index (χ2v) is 2.87. The zero-order valence-electron chi connectivity index (χ0n) is 7.18. The van der Waals surface area contributed by atoms with E-state index in [9.17, 15) is 10.1 Å². The average Bonchev–Trinajstić information content (AvgIpc) is 2.15. The van der Waals surface area contributed by atoms with Gasteiger partial charge in [0.05, 0.1) is 16.6 Å². The van der Waals surface area contributed by atoms with Gasteiger partial charge in [-0.2, -0.15) is 0 Å². The molecule has 4 nitrogen and oxygen atoms in total. The van der Waals surface area contributed by atoms with Gasteiger partial charge in [0.1, 0.15) is 5.75 Å². The molecule has 0 radical (unpaired) electrons. The van der Waals surface area contributed by atoms with E-state index in [1.807, 2.05) is 0 Å². The van der Waals surface area contributed by atoms with E-state index in [1.54, 1.807) is 12.2 Å². The van der Waals surface area contributed by atoms with Crippen LogP contribution in [0.1, 0.15) is 5.56 Å². The second kappa shape index (κ2) is 4.62. The Bertz CT molecular complexity index is 376. The Hall–Kier alpha value is -1.55. The van der Waals surface area contributed by atoms with E-state index < -0.39 is 4.92 Å². The molecule has 14 heavy (non-hydrogen) atoms. The highest BCUT2D eigenvalue weighted by atomic mass is 35.5. The van der Waals surface area contributed by atoms with Gasteiger partial charge < -0.3 is 5.11 Å². The smallest absolute Gasteiger partial charge is 0.280 e. The van der Waals surface area contributed by atoms with E-state index >= 15 is 0 Å². The quantitative estimate of drug-likeness (QED) is 0.477. The van der Waals surface area contributed by atoms with Crippen LogP contribution in [0.3, 0.4) is 0 Å². The second-order valence-electron chi connectivity index (χ2n) is 2.56. The summed E-state index contributed by atoms with van der Waals surface area (Å²) in [6, 6.07) is 3.96. The minimum Gasteiger partial charge on any atom is -0.508 e. The summed E-state index contributed by atoms with van der Waals surface area (Å²) >= 11 is 5.41. The Kier molecular flexibility index (Phi) is 3.48. The van der Waals surface area contributed by atoms with Crippen LogP contribution in [0.25, 0.3) is 6.08 Å². The van der Waals surface area contributed by atoms with Crippen LogP contribution < -0.4 is 0 Å². The molecule has 0 atom stereocenters. The van der Waals surface area contributed by atoms with Crippen molar-refractivity contribution >= 4 is 23.4 Å². The van der Waals surface area contributed by atoms with E-state index in [0.717, 1.165) is 6.07 Å². The molecule has 0 aliphatic heterocycles. The minimum atomic E-state index is -0.548. The molecule has 0 aliphatic rings. The first kappa shape index (κ1) is 10.5. The number of aromatic hydroxyl groups is 1. The van der Waals surface area contributed by atoms with Gasteiger partial charge in [-0.15, -0.1) is 11.6 Å². The highest BCUT2D eigenvalue weighted by molar-refractivity contribution is 6.19. The third kappa shape index (κ3) is 2.47. The van der Waals surface area contributed by atoms with Crippen LogP contribution in [0.5, 0.6) is 5.75 Å². The highest BCUT2D eigenvalue weighted by Crippen LogP contribution is 2.24. The normalized spacial score (nSPS) is 10.6. The largest absolute Gasteiger partial charge is 0.508 e. The fourth-order valence-electron chi connectivity index (χ4n) is 1.00. The van der Waals surface area contributed by atoms with Gasteiger partial charge in [0.15, 0.2) is 0 Å². The number of rotatable bonds is 3. The van der Waals surface area contributed by atoms with Gasteiger partial charge in [-0.3, -0.25) is 10.1 Å². The Morgan fingerprint density at radius 1 is 1.57 bits per heavy atom. The number of nitro groups is 1. The summed E-state index contributed by atoms with van der Waals surface area (Å²) in [6.45, 7) is 0. The summed E-state index contributed by atoms with van der Waals surface area (Å²) in [4.78, 5) is 10.0. The van der Waals surface area contributed by atoms with Crippen molar-refractivity contribution in [1.29, 1.82) is 0 Å². The van der Waals surface area contributed by atoms with Crippen molar-refractivity contribution < 1.29 is 10.0 Å². The van der Waals surface area contributed by atoms with Crippen LogP contribution in [0.4, 0.5) is 5.69 Å². The van der Waals surface area contributed by atoms with Gasteiger partial charge in [-0.05, 0) is 12.1 Å². The summed E-state index contributed by atoms with van der Waals surface area (Å²) in [7, 11) is 0. The number of phenols is 1. The van der Waals surface area contributed by atoms with Crippen LogP contribution in [0.15, 0.2) is 24.3 Å². The third-order valence-corrected chi connectivity index (χ3v) is 1.78. The predicted molar refractivity (Wildman–Crippen MR) is 54.5 cm³/mol. The molecule has 1 rings (SSSR count). The molecular formula is C9H8ClNO3. The van der Waals surface area contributed by atoms with Gasteiger partial charge in [0.25, 0.3) is 5.69 Å². The molecule has 0 fully saturated rings. The lowest BCUT2D eigenvalue weighted by Crippen LogP contribution is -1.90. The van der Waals surface area contributed by atoms with E-state index in [1.165, 1.54) is 12.1 Å². The molecule has 0 saturated heterocycles. The summed E-state index contributed by atoms with van der Waals surface area (Å²) in [5.74, 6) is 0.164. The molecule has 0 spiro atoms. The van der Waals surface area contributed by atoms with Crippen molar-refractivity contribution in [3.05, 3.63) is 40.0 Å². The van der Waals surface area contributed by atoms with Crippen LogP contribution in [0.2, 0.25) is 0 Å². The van der Waals surface area contributed by atoms with Gasteiger partial charge in [0, 0.05) is 5.88 Å². The van der Waals surface area contributed by atoms with Crippen LogP contribution in [0, 0.1) is 10.1 Å². The molecule has 0 amide bonds. The zero-order chi connectivity index (χ0) is 10.6. The summed E-state index contributed by atoms with van der Waals surface area (Å²) < 4.78 is 0. The van der Waals surface area contributed by atoms with Crippen LogP contribution in [-0.4, -0.2) is 15.9 Å². The number of phenolic OH excluding ortho intramolecular Hbond substituents is 1. The molecule has 1 N–H and O–H groups in total. The first-order chi connectivity index (χ1) is 6.65. The molecule has 0 bridgehead atoms. The number of hydrogen-bond acceptors (Lipinski definition) is 3. The maximum Gasteiger partial charge on any atom is 0.280 e. The van der Waals surface area contributed by atoms with Gasteiger partial charge >= 0.3 is 0 Å². The molecule has 74 valence electrons. The van der Waals surface area contributed by atoms with Crippen molar-refractivity contribution in [2.24, 2.45) is 0 Å². The maximum absolute atomic E-state index is 10.6. The summed E-state index contributed by atoms with van der Waals surface area (Å²) in [6.07, 6.45) is 3.14. The van der Waals surface area contributed by atoms with Crippen LogP contribution in [-0.2, 0) is 0 Å². The fourth-order valence-corrected chi connectivity index (χ4v) is 1.09. The van der Waals surface area contributed by atoms with Crippen molar-refractivity contribution in [1.82, 2.24) is 0 Å². The molecule has 1 aromatic carbocycles. The summed E-state index contributed by atoms with van der Waals surface area (Å²) in [5, 5.41) is 19.6. The Morgan fingerprint density at radius 2 is 2.29 bits per heavy atom. The Labute approximate surface area is 85.6 Å². The fraction of sp³-hybridized carbons (Fsp3) is 0.111.